The monoisotopic (exact) mass is 236 g/mol. The molecule has 0 unspecified atom stereocenters. The van der Waals surface area contributed by atoms with Crippen molar-refractivity contribution in [1.29, 1.82) is 0 Å². The van der Waals surface area contributed by atoms with Crippen molar-refractivity contribution in [3.8, 4) is 0 Å². The van der Waals surface area contributed by atoms with Gasteiger partial charge >= 0.3 is 0 Å². The molecule has 0 bridgehead atoms. The van der Waals surface area contributed by atoms with Gasteiger partial charge in [-0.25, -0.2) is 0 Å². The van der Waals surface area contributed by atoms with Crippen LogP contribution in [0.2, 0.25) is 0 Å². The highest BCUT2D eigenvalue weighted by molar-refractivity contribution is 4.93. The van der Waals surface area contributed by atoms with Gasteiger partial charge in [-0.3, -0.25) is 0 Å². The highest BCUT2D eigenvalue weighted by Gasteiger charge is 2.37. The van der Waals surface area contributed by atoms with Crippen LogP contribution in [0.4, 0.5) is 0 Å². The lowest BCUT2D eigenvalue weighted by atomic mass is 9.73. The SMILES string of the molecule is CN(CC1(CNC2CC2)CCCCC1)C1CC1. The van der Waals surface area contributed by atoms with E-state index in [1.165, 1.54) is 70.9 Å². The molecule has 98 valence electrons. The zero-order valence-corrected chi connectivity index (χ0v) is 11.4. The van der Waals surface area contributed by atoms with Gasteiger partial charge in [-0.1, -0.05) is 19.3 Å². The van der Waals surface area contributed by atoms with Gasteiger partial charge in [0.15, 0.2) is 0 Å². The molecule has 0 heterocycles. The van der Waals surface area contributed by atoms with Gasteiger partial charge in [0.1, 0.15) is 0 Å². The van der Waals surface area contributed by atoms with Gasteiger partial charge in [0.05, 0.1) is 0 Å². The maximum absolute atomic E-state index is 3.81. The first-order valence-corrected chi connectivity index (χ1v) is 7.71. The van der Waals surface area contributed by atoms with E-state index in [0.717, 1.165) is 12.1 Å². The van der Waals surface area contributed by atoms with Crippen LogP contribution in [0.25, 0.3) is 0 Å². The zero-order valence-electron chi connectivity index (χ0n) is 11.4. The van der Waals surface area contributed by atoms with E-state index in [1.807, 2.05) is 0 Å². The molecule has 2 heteroatoms. The molecular formula is C15H28N2. The van der Waals surface area contributed by atoms with Crippen LogP contribution < -0.4 is 5.32 Å². The largest absolute Gasteiger partial charge is 0.313 e. The topological polar surface area (TPSA) is 15.3 Å². The van der Waals surface area contributed by atoms with Crippen LogP contribution in [0.1, 0.15) is 57.8 Å². The lowest BCUT2D eigenvalue weighted by Crippen LogP contribution is -2.45. The van der Waals surface area contributed by atoms with Crippen LogP contribution >= 0.6 is 0 Å². The summed E-state index contributed by atoms with van der Waals surface area (Å²) in [7, 11) is 2.35. The van der Waals surface area contributed by atoms with Crippen molar-refractivity contribution in [2.75, 3.05) is 20.1 Å². The predicted octanol–water partition coefficient (Wildman–Crippen LogP) is 2.78. The first-order chi connectivity index (χ1) is 8.27. The Morgan fingerprint density at radius 1 is 1.06 bits per heavy atom. The molecule has 3 aliphatic carbocycles. The van der Waals surface area contributed by atoms with Crippen LogP contribution in [-0.2, 0) is 0 Å². The second-order valence-electron chi connectivity index (χ2n) is 6.86. The highest BCUT2D eigenvalue weighted by atomic mass is 15.2. The van der Waals surface area contributed by atoms with E-state index in [9.17, 15) is 0 Å². The third-order valence-electron chi connectivity index (χ3n) is 5.01. The minimum atomic E-state index is 0.609. The molecule has 0 aromatic rings. The molecule has 3 rings (SSSR count). The second kappa shape index (κ2) is 4.89. The standard InChI is InChI=1S/C15H28N2/c1-17(14-7-8-14)12-15(9-3-2-4-10-15)11-16-13-5-6-13/h13-14,16H,2-12H2,1H3. The third-order valence-corrected chi connectivity index (χ3v) is 5.01. The maximum Gasteiger partial charge on any atom is 0.00936 e. The fourth-order valence-corrected chi connectivity index (χ4v) is 3.51. The van der Waals surface area contributed by atoms with Gasteiger partial charge in [0, 0.05) is 25.2 Å². The summed E-state index contributed by atoms with van der Waals surface area (Å²) in [4.78, 5) is 2.65. The summed E-state index contributed by atoms with van der Waals surface area (Å²) >= 11 is 0. The van der Waals surface area contributed by atoms with Crippen LogP contribution in [0, 0.1) is 5.41 Å². The number of nitrogens with one attached hydrogen (secondary N) is 1. The molecule has 3 saturated carbocycles. The van der Waals surface area contributed by atoms with E-state index in [0.29, 0.717) is 5.41 Å². The molecule has 0 aromatic heterocycles. The quantitative estimate of drug-likeness (QED) is 0.763. The Bertz CT molecular complexity index is 250. The first-order valence-electron chi connectivity index (χ1n) is 7.71. The molecule has 17 heavy (non-hydrogen) atoms. The van der Waals surface area contributed by atoms with Gasteiger partial charge in [-0.15, -0.1) is 0 Å². The maximum atomic E-state index is 3.81. The van der Waals surface area contributed by atoms with Gasteiger partial charge in [0.2, 0.25) is 0 Å². The number of hydrogen-bond donors (Lipinski definition) is 1. The number of rotatable bonds is 6. The molecule has 1 N–H and O–H groups in total. The van der Waals surface area contributed by atoms with Crippen molar-refractivity contribution in [3.05, 3.63) is 0 Å². The molecule has 0 aliphatic heterocycles. The predicted molar refractivity (Wildman–Crippen MR) is 72.2 cm³/mol. The first kappa shape index (κ1) is 12.0. The smallest absolute Gasteiger partial charge is 0.00936 e. The van der Waals surface area contributed by atoms with E-state index >= 15 is 0 Å². The van der Waals surface area contributed by atoms with Crippen molar-refractivity contribution >= 4 is 0 Å². The normalized spacial score (nSPS) is 28.6. The molecule has 0 aromatic carbocycles. The Morgan fingerprint density at radius 2 is 1.76 bits per heavy atom. The summed E-state index contributed by atoms with van der Waals surface area (Å²) < 4.78 is 0. The average molecular weight is 236 g/mol. The Kier molecular flexibility index (Phi) is 3.45. The molecule has 0 amide bonds. The number of nitrogens with zero attached hydrogens (tertiary/aromatic N) is 1. The van der Waals surface area contributed by atoms with E-state index in [4.69, 9.17) is 0 Å². The van der Waals surface area contributed by atoms with E-state index in [2.05, 4.69) is 17.3 Å². The Balaban J connectivity index is 1.56. The molecule has 3 aliphatic rings. The van der Waals surface area contributed by atoms with Gasteiger partial charge in [-0.2, -0.15) is 0 Å². The molecular weight excluding hydrogens is 208 g/mol. The van der Waals surface area contributed by atoms with Crippen LogP contribution in [0.5, 0.6) is 0 Å². The molecule has 0 spiro atoms. The molecule has 0 radical (unpaired) electrons. The van der Waals surface area contributed by atoms with Gasteiger partial charge in [0.25, 0.3) is 0 Å². The molecule has 0 atom stereocenters. The summed E-state index contributed by atoms with van der Waals surface area (Å²) in [5.74, 6) is 0. The summed E-state index contributed by atoms with van der Waals surface area (Å²) in [5, 5.41) is 3.81. The Morgan fingerprint density at radius 3 is 2.35 bits per heavy atom. The van der Waals surface area contributed by atoms with Crippen molar-refractivity contribution in [2.45, 2.75) is 69.9 Å². The Hall–Kier alpha value is -0.0800. The third kappa shape index (κ3) is 3.23. The lowest BCUT2D eigenvalue weighted by molar-refractivity contribution is 0.113. The number of hydrogen-bond acceptors (Lipinski definition) is 2. The molecule has 2 nitrogen and oxygen atoms in total. The van der Waals surface area contributed by atoms with Crippen LogP contribution in [0.3, 0.4) is 0 Å². The summed E-state index contributed by atoms with van der Waals surface area (Å²) in [5.41, 5.74) is 0.609. The van der Waals surface area contributed by atoms with E-state index in [1.54, 1.807) is 0 Å². The molecule has 3 fully saturated rings. The van der Waals surface area contributed by atoms with Crippen molar-refractivity contribution in [1.82, 2.24) is 10.2 Å². The lowest BCUT2D eigenvalue weighted by Gasteiger charge is -2.40. The van der Waals surface area contributed by atoms with E-state index in [-0.39, 0.29) is 0 Å². The van der Waals surface area contributed by atoms with Crippen molar-refractivity contribution in [3.63, 3.8) is 0 Å². The van der Waals surface area contributed by atoms with E-state index < -0.39 is 0 Å². The van der Waals surface area contributed by atoms with Gasteiger partial charge in [-0.05, 0) is 51.0 Å². The summed E-state index contributed by atoms with van der Waals surface area (Å²) in [6.45, 7) is 2.63. The van der Waals surface area contributed by atoms with Crippen molar-refractivity contribution < 1.29 is 0 Å². The zero-order chi connectivity index (χ0) is 11.7. The van der Waals surface area contributed by atoms with Gasteiger partial charge < -0.3 is 10.2 Å². The fraction of sp³-hybridized carbons (Fsp3) is 1.00. The van der Waals surface area contributed by atoms with Crippen LogP contribution in [-0.4, -0.2) is 37.1 Å². The van der Waals surface area contributed by atoms with Crippen LogP contribution in [0.15, 0.2) is 0 Å². The summed E-state index contributed by atoms with van der Waals surface area (Å²) in [6.07, 6.45) is 13.1. The fourth-order valence-electron chi connectivity index (χ4n) is 3.51. The minimum absolute atomic E-state index is 0.609. The second-order valence-corrected chi connectivity index (χ2v) is 6.86. The van der Waals surface area contributed by atoms with Crippen molar-refractivity contribution in [2.24, 2.45) is 5.41 Å². The average Bonchev–Trinajstić information content (AvgIpc) is 3.18. The Labute approximate surface area is 106 Å². The molecule has 0 saturated heterocycles. The minimum Gasteiger partial charge on any atom is -0.313 e. The summed E-state index contributed by atoms with van der Waals surface area (Å²) in [6, 6.07) is 1.80. The highest BCUT2D eigenvalue weighted by Crippen LogP contribution is 2.39.